The Morgan fingerprint density at radius 2 is 2.09 bits per heavy atom. The second-order valence-corrected chi connectivity index (χ2v) is 5.88. The van der Waals surface area contributed by atoms with Crippen LogP contribution in [-0.4, -0.2) is 31.6 Å². The van der Waals surface area contributed by atoms with Crippen LogP contribution in [-0.2, 0) is 10.7 Å². The molecule has 0 aromatic heterocycles. The summed E-state index contributed by atoms with van der Waals surface area (Å²) >= 11 is 0. The minimum Gasteiger partial charge on any atom is -0.314 e. The molecule has 1 heterocycles. The molecule has 1 N–H and O–H groups in total. The lowest BCUT2D eigenvalue weighted by Gasteiger charge is -2.25. The van der Waals surface area contributed by atoms with Crippen molar-refractivity contribution in [3.05, 3.63) is 0 Å². The van der Waals surface area contributed by atoms with Gasteiger partial charge in [0, 0.05) is 6.54 Å². The zero-order valence-corrected chi connectivity index (χ0v) is 8.72. The molecule has 1 fully saturated rings. The summed E-state index contributed by atoms with van der Waals surface area (Å²) in [4.78, 5) is 0. The predicted molar refractivity (Wildman–Crippen MR) is 54.9 cm³/mol. The summed E-state index contributed by atoms with van der Waals surface area (Å²) < 4.78 is 4.73. The molecule has 1 rings (SSSR count). The van der Waals surface area contributed by atoms with Crippen molar-refractivity contribution >= 4 is 10.7 Å². The van der Waals surface area contributed by atoms with Crippen molar-refractivity contribution in [3.63, 3.8) is 0 Å². The van der Waals surface area contributed by atoms with Gasteiger partial charge in [-0.15, -0.1) is 0 Å². The van der Waals surface area contributed by atoms with E-state index in [0.717, 1.165) is 12.5 Å². The molecule has 0 aliphatic carbocycles. The van der Waals surface area contributed by atoms with E-state index in [1.807, 2.05) is 0 Å². The first-order valence-corrected chi connectivity index (χ1v) is 6.85. The number of hydrogen-bond donors (Lipinski definition) is 1. The third-order valence-corrected chi connectivity index (χ3v) is 2.87. The molecule has 0 aromatic carbocycles. The van der Waals surface area contributed by atoms with Gasteiger partial charge < -0.3 is 5.32 Å². The van der Waals surface area contributed by atoms with E-state index in [-0.39, 0.29) is 10.7 Å². The Morgan fingerprint density at radius 1 is 1.36 bits per heavy atom. The monoisotopic (exact) mass is 176 g/mol. The van der Waals surface area contributed by atoms with E-state index in [0.29, 0.717) is 6.04 Å². The van der Waals surface area contributed by atoms with Crippen LogP contribution in [0.25, 0.3) is 0 Å². The zero-order chi connectivity index (χ0) is 8.27. The zero-order valence-electron chi connectivity index (χ0n) is 7.72. The van der Waals surface area contributed by atoms with Gasteiger partial charge in [-0.2, -0.15) is 0 Å². The summed E-state index contributed by atoms with van der Waals surface area (Å²) in [5.74, 6) is 0.818. The number of nitrogens with one attached hydrogen (secondary N) is 1. The van der Waals surface area contributed by atoms with Gasteiger partial charge in [0.2, 0.25) is 0 Å². The number of rotatable bonds is 1. The Labute approximate surface area is 71.9 Å². The van der Waals surface area contributed by atoms with E-state index in [2.05, 4.69) is 24.8 Å². The highest BCUT2D eigenvalue weighted by Crippen LogP contribution is 2.12. The smallest absolute Gasteiger partial charge is 0.0673 e. The van der Waals surface area contributed by atoms with E-state index < -0.39 is 0 Å². The number of piperidine rings is 1. The van der Waals surface area contributed by atoms with Gasteiger partial charge in [0.1, 0.15) is 0 Å². The highest BCUT2D eigenvalue weighted by molar-refractivity contribution is 7.85. The van der Waals surface area contributed by atoms with Crippen molar-refractivity contribution in [1.29, 1.82) is 0 Å². The highest BCUT2D eigenvalue weighted by atomic mass is 32.2. The van der Waals surface area contributed by atoms with Gasteiger partial charge in [0.15, 0.2) is 0 Å². The van der Waals surface area contributed by atoms with Crippen molar-refractivity contribution in [1.82, 2.24) is 5.32 Å². The maximum Gasteiger partial charge on any atom is 0.0673 e. The van der Waals surface area contributed by atoms with Crippen molar-refractivity contribution < 1.29 is 0 Å². The van der Waals surface area contributed by atoms with Gasteiger partial charge in [-0.1, -0.05) is 6.92 Å². The Morgan fingerprint density at radius 3 is 2.64 bits per heavy atom. The summed E-state index contributed by atoms with van der Waals surface area (Å²) in [6.45, 7) is 4.59. The second kappa shape index (κ2) is 4.21. The third kappa shape index (κ3) is 3.34. The highest BCUT2D eigenvalue weighted by Gasteiger charge is 2.16. The average molecular weight is 176 g/mol. The largest absolute Gasteiger partial charge is 0.314 e. The molecule has 11 heavy (non-hydrogen) atoms. The van der Waals surface area contributed by atoms with Crippen molar-refractivity contribution in [2.24, 2.45) is 10.3 Å². The van der Waals surface area contributed by atoms with Crippen molar-refractivity contribution in [3.8, 4) is 0 Å². The van der Waals surface area contributed by atoms with Crippen LogP contribution in [0.4, 0.5) is 0 Å². The average Bonchev–Trinajstić information content (AvgIpc) is 1.85. The fourth-order valence-corrected chi connectivity index (χ4v) is 2.52. The minimum absolute atomic E-state index is 0.372. The maximum atomic E-state index is 4.73. The Bertz CT molecular complexity index is 152. The molecule has 1 saturated heterocycles. The molecule has 1 aliphatic heterocycles. The van der Waals surface area contributed by atoms with Crippen LogP contribution in [0.5, 0.6) is 0 Å². The van der Waals surface area contributed by atoms with E-state index in [9.17, 15) is 0 Å². The summed E-state index contributed by atoms with van der Waals surface area (Å²) in [6, 6.07) is 0.614. The summed E-state index contributed by atoms with van der Waals surface area (Å²) in [7, 11) is -0.372. The topological polar surface area (TPSA) is 24.4 Å². The van der Waals surface area contributed by atoms with Crippen molar-refractivity contribution in [2.75, 3.05) is 25.6 Å². The first-order chi connectivity index (χ1) is 5.18. The van der Waals surface area contributed by atoms with Crippen LogP contribution in [0.3, 0.4) is 0 Å². The van der Waals surface area contributed by atoms with E-state index in [4.69, 9.17) is 4.36 Å². The van der Waals surface area contributed by atoms with Crippen molar-refractivity contribution in [2.45, 2.75) is 19.4 Å². The second-order valence-electron chi connectivity index (χ2n) is 3.73. The Kier molecular flexibility index (Phi) is 3.52. The van der Waals surface area contributed by atoms with E-state index in [1.54, 1.807) is 0 Å². The minimum atomic E-state index is -0.372. The van der Waals surface area contributed by atoms with Crippen LogP contribution in [0.15, 0.2) is 4.36 Å². The molecule has 68 valence electrons. The van der Waals surface area contributed by atoms with Crippen LogP contribution in [0.1, 0.15) is 13.3 Å². The summed E-state index contributed by atoms with van der Waals surface area (Å²) in [5.41, 5.74) is 0. The van der Waals surface area contributed by atoms with Gasteiger partial charge in [-0.3, -0.25) is 4.36 Å². The van der Waals surface area contributed by atoms with Gasteiger partial charge in [0.25, 0.3) is 0 Å². The van der Waals surface area contributed by atoms with Crippen LogP contribution in [0.2, 0.25) is 0 Å². The molecule has 0 radical (unpaired) electrons. The first kappa shape index (κ1) is 9.20. The molecular weight excluding hydrogens is 156 g/mol. The Hall–Kier alpha value is 0.110. The standard InChI is InChI=1S/C8H20N2S/c1-7-4-8(6-9-5-7)10-11(2)3/h7-9H,4-6,11H2,1-3H3. The molecule has 2 atom stereocenters. The van der Waals surface area contributed by atoms with Crippen LogP contribution in [0, 0.1) is 5.92 Å². The van der Waals surface area contributed by atoms with Gasteiger partial charge in [-0.25, -0.2) is 10.7 Å². The third-order valence-electron chi connectivity index (χ3n) is 1.99. The molecule has 0 amide bonds. The normalized spacial score (nSPS) is 33.2. The SMILES string of the molecule is CC1CNCC(N=[SH2](C)C)C1. The Balaban J connectivity index is 2.40. The molecule has 0 aromatic rings. The maximum absolute atomic E-state index is 4.73. The fraction of sp³-hybridized carbons (Fsp3) is 1.00. The molecular formula is C8H20N2S. The lowest BCUT2D eigenvalue weighted by molar-refractivity contribution is 0.367. The summed E-state index contributed by atoms with van der Waals surface area (Å²) in [5, 5.41) is 3.41. The van der Waals surface area contributed by atoms with Crippen LogP contribution < -0.4 is 5.32 Å². The predicted octanol–water partition coefficient (Wildman–Crippen LogP) is 0.510. The first-order valence-electron chi connectivity index (χ1n) is 4.40. The summed E-state index contributed by atoms with van der Waals surface area (Å²) in [6.07, 6.45) is 5.80. The van der Waals surface area contributed by atoms with Gasteiger partial charge >= 0.3 is 0 Å². The molecule has 3 heteroatoms. The van der Waals surface area contributed by atoms with Crippen LogP contribution >= 0.6 is 0 Å². The quantitative estimate of drug-likeness (QED) is 0.618. The molecule has 2 nitrogen and oxygen atoms in total. The lowest BCUT2D eigenvalue weighted by atomic mass is 9.99. The lowest BCUT2D eigenvalue weighted by Crippen LogP contribution is -2.37. The number of nitrogens with zero attached hydrogens (tertiary/aromatic N) is 1. The number of hydrogen-bond acceptors (Lipinski definition) is 2. The fourth-order valence-electron chi connectivity index (χ4n) is 1.59. The van der Waals surface area contributed by atoms with E-state index >= 15 is 0 Å². The molecule has 0 bridgehead atoms. The molecule has 0 saturated carbocycles. The molecule has 2 unspecified atom stereocenters. The van der Waals surface area contributed by atoms with E-state index in [1.165, 1.54) is 13.0 Å². The molecule has 1 aliphatic rings. The van der Waals surface area contributed by atoms with Gasteiger partial charge in [-0.05, 0) is 31.4 Å². The molecule has 0 spiro atoms. The van der Waals surface area contributed by atoms with Gasteiger partial charge in [0.05, 0.1) is 6.04 Å².